The molecule has 88 valence electrons. The van der Waals surface area contributed by atoms with Crippen LogP contribution >= 0.6 is 23.2 Å². The van der Waals surface area contributed by atoms with Crippen molar-refractivity contribution in [3.8, 4) is 0 Å². The molecular formula is C12H15Cl2NO. The minimum atomic E-state index is -0.00356. The zero-order chi connectivity index (χ0) is 11.5. The summed E-state index contributed by atoms with van der Waals surface area (Å²) in [6.45, 7) is 3.69. The van der Waals surface area contributed by atoms with Gasteiger partial charge in [-0.15, -0.1) is 0 Å². The van der Waals surface area contributed by atoms with Gasteiger partial charge in [0.05, 0.1) is 16.1 Å². The summed E-state index contributed by atoms with van der Waals surface area (Å²) < 4.78 is 5.79. The number of ether oxygens (including phenoxy) is 1. The first-order valence-corrected chi connectivity index (χ1v) is 6.23. The standard InChI is InChI=1S/C12H15Cl2NO/c1-8-5-6-16-11(7-15-8)9-3-2-4-10(13)12(9)14/h2-4,8,11,15H,5-7H2,1H3. The first kappa shape index (κ1) is 12.2. The first-order valence-electron chi connectivity index (χ1n) is 5.47. The van der Waals surface area contributed by atoms with Gasteiger partial charge in [0.2, 0.25) is 0 Å². The van der Waals surface area contributed by atoms with E-state index in [1.54, 1.807) is 6.07 Å². The van der Waals surface area contributed by atoms with Gasteiger partial charge in [0, 0.05) is 24.8 Å². The van der Waals surface area contributed by atoms with Gasteiger partial charge in [-0.05, 0) is 19.4 Å². The lowest BCUT2D eigenvalue weighted by molar-refractivity contribution is 0.0665. The zero-order valence-corrected chi connectivity index (χ0v) is 10.7. The summed E-state index contributed by atoms with van der Waals surface area (Å²) in [5.74, 6) is 0. The summed E-state index contributed by atoms with van der Waals surface area (Å²) in [5, 5.41) is 4.60. The maximum Gasteiger partial charge on any atom is 0.0964 e. The molecule has 2 unspecified atom stereocenters. The maximum absolute atomic E-state index is 6.18. The second-order valence-electron chi connectivity index (χ2n) is 4.10. The van der Waals surface area contributed by atoms with Gasteiger partial charge in [-0.3, -0.25) is 0 Å². The summed E-state index contributed by atoms with van der Waals surface area (Å²) in [7, 11) is 0. The Morgan fingerprint density at radius 1 is 1.38 bits per heavy atom. The van der Waals surface area contributed by atoms with E-state index in [4.69, 9.17) is 27.9 Å². The topological polar surface area (TPSA) is 21.3 Å². The van der Waals surface area contributed by atoms with Gasteiger partial charge in [0.15, 0.2) is 0 Å². The Hall–Kier alpha value is -0.280. The molecule has 2 nitrogen and oxygen atoms in total. The minimum absolute atomic E-state index is 0.00356. The number of hydrogen-bond donors (Lipinski definition) is 1. The largest absolute Gasteiger partial charge is 0.372 e. The molecule has 1 aliphatic rings. The number of halogens is 2. The van der Waals surface area contributed by atoms with Crippen molar-refractivity contribution in [1.82, 2.24) is 5.32 Å². The monoisotopic (exact) mass is 259 g/mol. The molecule has 1 N–H and O–H groups in total. The van der Waals surface area contributed by atoms with Gasteiger partial charge >= 0.3 is 0 Å². The van der Waals surface area contributed by atoms with Crippen molar-refractivity contribution < 1.29 is 4.74 Å². The third-order valence-corrected chi connectivity index (χ3v) is 3.68. The number of nitrogens with one attached hydrogen (secondary N) is 1. The number of hydrogen-bond acceptors (Lipinski definition) is 2. The lowest BCUT2D eigenvalue weighted by atomic mass is 10.1. The maximum atomic E-state index is 6.18. The third-order valence-electron chi connectivity index (χ3n) is 2.85. The van der Waals surface area contributed by atoms with Crippen LogP contribution in [0.2, 0.25) is 10.0 Å². The Morgan fingerprint density at radius 3 is 3.00 bits per heavy atom. The van der Waals surface area contributed by atoms with E-state index in [2.05, 4.69) is 12.2 Å². The molecule has 1 saturated heterocycles. The second kappa shape index (κ2) is 5.37. The van der Waals surface area contributed by atoms with Crippen molar-refractivity contribution >= 4 is 23.2 Å². The minimum Gasteiger partial charge on any atom is -0.372 e. The van der Waals surface area contributed by atoms with Crippen LogP contribution in [0.15, 0.2) is 18.2 Å². The average molecular weight is 260 g/mol. The summed E-state index contributed by atoms with van der Waals surface area (Å²) in [6, 6.07) is 6.15. The molecule has 0 aliphatic carbocycles. The Kier molecular flexibility index (Phi) is 4.09. The molecule has 0 bridgehead atoms. The van der Waals surface area contributed by atoms with E-state index in [0.29, 0.717) is 16.1 Å². The molecule has 0 aromatic heterocycles. The van der Waals surface area contributed by atoms with Gasteiger partial charge in [0.25, 0.3) is 0 Å². The SMILES string of the molecule is CC1CCOC(c2cccc(Cl)c2Cl)CN1. The van der Waals surface area contributed by atoms with Crippen LogP contribution in [0.25, 0.3) is 0 Å². The van der Waals surface area contributed by atoms with Crippen molar-refractivity contribution in [1.29, 1.82) is 0 Å². The number of rotatable bonds is 1. The molecule has 16 heavy (non-hydrogen) atoms. The van der Waals surface area contributed by atoms with E-state index < -0.39 is 0 Å². The van der Waals surface area contributed by atoms with Crippen molar-refractivity contribution in [3.63, 3.8) is 0 Å². The summed E-state index contributed by atoms with van der Waals surface area (Å²) in [4.78, 5) is 0. The van der Waals surface area contributed by atoms with Gasteiger partial charge < -0.3 is 10.1 Å². The Morgan fingerprint density at radius 2 is 2.19 bits per heavy atom. The van der Waals surface area contributed by atoms with Crippen LogP contribution in [-0.4, -0.2) is 19.2 Å². The van der Waals surface area contributed by atoms with Gasteiger partial charge in [-0.25, -0.2) is 0 Å². The van der Waals surface area contributed by atoms with Gasteiger partial charge in [-0.1, -0.05) is 35.3 Å². The van der Waals surface area contributed by atoms with Crippen LogP contribution < -0.4 is 5.32 Å². The Labute approximate surface area is 106 Å². The zero-order valence-electron chi connectivity index (χ0n) is 9.17. The molecule has 0 amide bonds. The van der Waals surface area contributed by atoms with E-state index in [1.807, 2.05) is 12.1 Å². The highest BCUT2D eigenvalue weighted by molar-refractivity contribution is 6.42. The van der Waals surface area contributed by atoms with Crippen LogP contribution in [0, 0.1) is 0 Å². The Balaban J connectivity index is 2.20. The molecule has 0 radical (unpaired) electrons. The predicted molar refractivity (Wildman–Crippen MR) is 67.2 cm³/mol. The highest BCUT2D eigenvalue weighted by Gasteiger charge is 2.20. The second-order valence-corrected chi connectivity index (χ2v) is 4.89. The van der Waals surface area contributed by atoms with Crippen LogP contribution in [0.5, 0.6) is 0 Å². The first-order chi connectivity index (χ1) is 7.68. The van der Waals surface area contributed by atoms with Gasteiger partial charge in [0.1, 0.15) is 0 Å². The van der Waals surface area contributed by atoms with Gasteiger partial charge in [-0.2, -0.15) is 0 Å². The highest BCUT2D eigenvalue weighted by Crippen LogP contribution is 2.32. The normalized spacial score (nSPS) is 26.4. The van der Waals surface area contributed by atoms with Crippen LogP contribution in [0.3, 0.4) is 0 Å². The molecule has 0 saturated carbocycles. The fourth-order valence-corrected chi connectivity index (χ4v) is 2.25. The molecule has 1 aromatic carbocycles. The molecule has 0 spiro atoms. The van der Waals surface area contributed by atoms with Crippen molar-refractivity contribution in [3.05, 3.63) is 33.8 Å². The molecule has 2 atom stereocenters. The predicted octanol–water partition coefficient (Wildman–Crippen LogP) is 3.43. The molecule has 1 heterocycles. The molecule has 1 fully saturated rings. The molecule has 2 rings (SSSR count). The summed E-state index contributed by atoms with van der Waals surface area (Å²) >= 11 is 12.2. The molecule has 1 aromatic rings. The summed E-state index contributed by atoms with van der Waals surface area (Å²) in [6.07, 6.45) is 1.02. The number of benzene rings is 1. The smallest absolute Gasteiger partial charge is 0.0964 e. The summed E-state index contributed by atoms with van der Waals surface area (Å²) in [5.41, 5.74) is 0.968. The molecule has 4 heteroatoms. The quantitative estimate of drug-likeness (QED) is 0.835. The van der Waals surface area contributed by atoms with E-state index >= 15 is 0 Å². The van der Waals surface area contributed by atoms with E-state index in [0.717, 1.165) is 25.1 Å². The lowest BCUT2D eigenvalue weighted by Gasteiger charge is -2.17. The third kappa shape index (κ3) is 2.69. The molecular weight excluding hydrogens is 245 g/mol. The highest BCUT2D eigenvalue weighted by atomic mass is 35.5. The average Bonchev–Trinajstić information content (AvgIpc) is 2.47. The van der Waals surface area contributed by atoms with Crippen molar-refractivity contribution in [2.45, 2.75) is 25.5 Å². The molecule has 1 aliphatic heterocycles. The lowest BCUT2D eigenvalue weighted by Crippen LogP contribution is -2.27. The van der Waals surface area contributed by atoms with Crippen LogP contribution in [0.4, 0.5) is 0 Å². The fraction of sp³-hybridized carbons (Fsp3) is 0.500. The van der Waals surface area contributed by atoms with Crippen molar-refractivity contribution in [2.24, 2.45) is 0 Å². The van der Waals surface area contributed by atoms with E-state index in [1.165, 1.54) is 0 Å². The van der Waals surface area contributed by atoms with Crippen LogP contribution in [-0.2, 0) is 4.74 Å². The van der Waals surface area contributed by atoms with Crippen molar-refractivity contribution in [2.75, 3.05) is 13.2 Å². The van der Waals surface area contributed by atoms with E-state index in [-0.39, 0.29) is 6.10 Å². The fourth-order valence-electron chi connectivity index (χ4n) is 1.83. The van der Waals surface area contributed by atoms with E-state index in [9.17, 15) is 0 Å². The van der Waals surface area contributed by atoms with Crippen LogP contribution in [0.1, 0.15) is 25.0 Å². The Bertz CT molecular complexity index is 370.